The van der Waals surface area contributed by atoms with Crippen LogP contribution in [0.3, 0.4) is 0 Å². The molecular formula is H4GeOSiZn. The summed E-state index contributed by atoms with van der Waals surface area (Å²) in [4.78, 5) is 0. The fourth-order valence-corrected chi connectivity index (χ4v) is 0. The third-order valence-corrected chi connectivity index (χ3v) is 0. The summed E-state index contributed by atoms with van der Waals surface area (Å²) in [5.74, 6) is 0. The van der Waals surface area contributed by atoms with Gasteiger partial charge in [0.1, 0.15) is 0 Å². The predicted octanol–water partition coefficient (Wildman–Crippen LogP) is -1.95. The molecule has 0 saturated heterocycles. The molecule has 0 heterocycles. The van der Waals surface area contributed by atoms with Crippen molar-refractivity contribution in [2.45, 2.75) is 0 Å². The van der Waals surface area contributed by atoms with Crippen molar-refractivity contribution >= 4 is 23.5 Å². The largest absolute Gasteiger partial charge is 0 e. The van der Waals surface area contributed by atoms with E-state index in [0.717, 1.165) is 8.77 Å². The molecule has 0 unspecified atom stereocenters. The fourth-order valence-electron chi connectivity index (χ4n) is 0. The van der Waals surface area contributed by atoms with E-state index >= 15 is 0 Å². The van der Waals surface area contributed by atoms with Crippen molar-refractivity contribution in [1.82, 2.24) is 0 Å². The standard InChI is InChI=1S/GeH4OSi.Zn/c2-1-3;/h1H,3H3;. The summed E-state index contributed by atoms with van der Waals surface area (Å²) in [6, 6.07) is 0. The molecule has 0 radical (unpaired) electrons. The molecule has 0 N–H and O–H groups in total. The van der Waals surface area contributed by atoms with Gasteiger partial charge in [0.2, 0.25) is 0 Å². The monoisotopic (exact) mass is 186 g/mol. The molecule has 0 aliphatic carbocycles. The second-order valence-electron chi connectivity index (χ2n) is 0.236. The molecule has 0 spiro atoms. The summed E-state index contributed by atoms with van der Waals surface area (Å²) in [7, 11) is 0.970. The minimum Gasteiger partial charge on any atom is 0 e. The maximum absolute atomic E-state index is 9.15. The van der Waals surface area contributed by atoms with Crippen LogP contribution in [0.4, 0.5) is 0 Å². The van der Waals surface area contributed by atoms with Gasteiger partial charge in [0.05, 0.1) is 0 Å². The summed E-state index contributed by atoms with van der Waals surface area (Å²) in [5.41, 5.74) is 0. The van der Waals surface area contributed by atoms with Crippen LogP contribution in [0, 0.1) is 0 Å². The van der Waals surface area contributed by atoms with Crippen molar-refractivity contribution in [3.8, 4) is 0 Å². The molecule has 1 nitrogen and oxygen atoms in total. The van der Waals surface area contributed by atoms with E-state index in [1.807, 2.05) is 0 Å². The second kappa shape index (κ2) is 8.89. The zero-order valence-electron chi connectivity index (χ0n) is 2.69. The van der Waals surface area contributed by atoms with Crippen LogP contribution >= 0.6 is 0 Å². The van der Waals surface area contributed by atoms with Crippen LogP contribution in [-0.2, 0) is 23.3 Å². The van der Waals surface area contributed by atoms with E-state index in [1.54, 1.807) is 0 Å². The third-order valence-electron chi connectivity index (χ3n) is 0. The SMILES string of the molecule is [O]=[GeH][SiH3].[Zn]. The Hall–Kier alpha value is 1.18. The van der Waals surface area contributed by atoms with Gasteiger partial charge in [-0.1, -0.05) is 0 Å². The van der Waals surface area contributed by atoms with Crippen LogP contribution in [0.1, 0.15) is 0 Å². The van der Waals surface area contributed by atoms with Crippen molar-refractivity contribution < 1.29 is 23.3 Å². The van der Waals surface area contributed by atoms with Gasteiger partial charge in [-0.2, -0.15) is 0 Å². The molecule has 0 aromatic carbocycles. The van der Waals surface area contributed by atoms with Crippen LogP contribution in [0.5, 0.6) is 0 Å². The van der Waals surface area contributed by atoms with Gasteiger partial charge >= 0.3 is 27.3 Å². The van der Waals surface area contributed by atoms with Gasteiger partial charge in [-0.05, 0) is 0 Å². The zero-order chi connectivity index (χ0) is 2.71. The Morgan fingerprint density at radius 2 is 1.75 bits per heavy atom. The molecule has 0 bridgehead atoms. The summed E-state index contributed by atoms with van der Waals surface area (Å²) >= 11 is -0.799. The van der Waals surface area contributed by atoms with Gasteiger partial charge in [-0.15, -0.1) is 0 Å². The number of hydrogen-bond acceptors (Lipinski definition) is 1. The molecule has 0 saturated carbocycles. The summed E-state index contributed by atoms with van der Waals surface area (Å²) < 4.78 is 9.15. The van der Waals surface area contributed by atoms with Crippen LogP contribution < -0.4 is 0 Å². The van der Waals surface area contributed by atoms with E-state index in [2.05, 4.69) is 0 Å². The zero-order valence-corrected chi connectivity index (χ0v) is 10.1. The van der Waals surface area contributed by atoms with Crippen LogP contribution in [0.15, 0.2) is 0 Å². The summed E-state index contributed by atoms with van der Waals surface area (Å²) in [5, 5.41) is 0. The first kappa shape index (κ1) is 8.95. The number of rotatable bonds is 0. The van der Waals surface area contributed by atoms with Crippen molar-refractivity contribution in [2.24, 2.45) is 0 Å². The minimum atomic E-state index is -0.799. The molecular weight excluding hydrogens is 182 g/mol. The molecule has 20 valence electrons. The average molecular weight is 186 g/mol. The van der Waals surface area contributed by atoms with Crippen molar-refractivity contribution in [3.63, 3.8) is 0 Å². The molecule has 4 heavy (non-hydrogen) atoms. The van der Waals surface area contributed by atoms with E-state index in [9.17, 15) is 0 Å². The molecule has 0 aliphatic rings. The molecule has 0 rings (SSSR count). The Labute approximate surface area is 46.8 Å². The first-order chi connectivity index (χ1) is 1.41. The first-order valence-corrected chi connectivity index (χ1v) is 10.2. The molecule has 0 atom stereocenters. The maximum Gasteiger partial charge on any atom is 0 e. The fraction of sp³-hybridized carbons (Fsp3) is 0. The van der Waals surface area contributed by atoms with Crippen LogP contribution in [-0.4, -0.2) is 23.5 Å². The Kier molecular flexibility index (Phi) is 19.9. The molecule has 0 amide bonds. The Balaban J connectivity index is 0. The maximum atomic E-state index is 9.15. The second-order valence-corrected chi connectivity index (χ2v) is 3.67. The Morgan fingerprint density at radius 1 is 1.75 bits per heavy atom. The van der Waals surface area contributed by atoms with Gasteiger partial charge < -0.3 is 0 Å². The molecule has 4 heteroatoms. The van der Waals surface area contributed by atoms with Crippen molar-refractivity contribution in [1.29, 1.82) is 0 Å². The van der Waals surface area contributed by atoms with E-state index in [0.29, 0.717) is 0 Å². The van der Waals surface area contributed by atoms with E-state index in [4.69, 9.17) is 3.78 Å². The topological polar surface area (TPSA) is 17.1 Å². The summed E-state index contributed by atoms with van der Waals surface area (Å²) in [6.45, 7) is 0. The van der Waals surface area contributed by atoms with Crippen molar-refractivity contribution in [3.05, 3.63) is 0 Å². The Bertz CT molecular complexity index is 15.5. The van der Waals surface area contributed by atoms with Gasteiger partial charge in [-0.3, -0.25) is 0 Å². The van der Waals surface area contributed by atoms with Gasteiger partial charge in [-0.25, -0.2) is 0 Å². The molecule has 0 aromatic rings. The van der Waals surface area contributed by atoms with Crippen LogP contribution in [0.25, 0.3) is 0 Å². The van der Waals surface area contributed by atoms with Gasteiger partial charge in [0.15, 0.2) is 0 Å². The quantitative estimate of drug-likeness (QED) is 0.402. The van der Waals surface area contributed by atoms with E-state index in [1.165, 1.54) is 0 Å². The van der Waals surface area contributed by atoms with E-state index in [-0.39, 0.29) is 19.5 Å². The molecule has 0 aliphatic heterocycles. The summed E-state index contributed by atoms with van der Waals surface area (Å²) in [6.07, 6.45) is 0. The van der Waals surface area contributed by atoms with E-state index < -0.39 is 14.7 Å². The smallest absolute Gasteiger partial charge is 0 e. The molecule has 0 fully saturated rings. The normalized spacial score (nSPS) is 4.00. The van der Waals surface area contributed by atoms with Gasteiger partial charge in [0, 0.05) is 19.5 Å². The Morgan fingerprint density at radius 3 is 1.75 bits per heavy atom. The molecule has 0 aromatic heterocycles. The number of hydrogen-bond donors (Lipinski definition) is 0. The minimum absolute atomic E-state index is 0. The predicted molar refractivity (Wildman–Crippen MR) is 17.8 cm³/mol. The van der Waals surface area contributed by atoms with Crippen LogP contribution in [0.2, 0.25) is 0 Å². The average Bonchev–Trinajstić information content (AvgIpc) is 0.918. The van der Waals surface area contributed by atoms with Crippen molar-refractivity contribution in [2.75, 3.05) is 0 Å². The third kappa shape index (κ3) is 10.8. The first-order valence-electron chi connectivity index (χ1n) is 0.813. The van der Waals surface area contributed by atoms with Gasteiger partial charge in [0.25, 0.3) is 0 Å².